The maximum atomic E-state index is 13.0. The molecule has 2 fully saturated rings. The smallest absolute Gasteiger partial charge is 0.238 e. The molecular weight excluding hydrogens is 408 g/mol. The van der Waals surface area contributed by atoms with Crippen LogP contribution in [0.2, 0.25) is 5.02 Å². The van der Waals surface area contributed by atoms with Gasteiger partial charge in [0.25, 0.3) is 0 Å². The van der Waals surface area contributed by atoms with Crippen molar-refractivity contribution in [2.75, 3.05) is 32.7 Å². The number of hydrogen-bond acceptors (Lipinski definition) is 4. The summed E-state index contributed by atoms with van der Waals surface area (Å²) in [5.41, 5.74) is 1.02. The molecule has 2 amide bonds. The molecule has 8 heteroatoms. The molecule has 2 aromatic rings. The maximum Gasteiger partial charge on any atom is 0.238 e. The molecule has 0 bridgehead atoms. The Bertz CT molecular complexity index is 960. The minimum absolute atomic E-state index is 0.0123. The van der Waals surface area contributed by atoms with E-state index in [-0.39, 0.29) is 17.4 Å². The van der Waals surface area contributed by atoms with Crippen molar-refractivity contribution in [2.24, 2.45) is 5.41 Å². The number of nitrogens with zero attached hydrogens (tertiary/aromatic N) is 3. The van der Waals surface area contributed by atoms with Crippen molar-refractivity contribution in [3.63, 3.8) is 0 Å². The molecule has 0 aliphatic carbocycles. The number of fused-ring (bicyclic) bond motifs is 1. The molecule has 1 unspecified atom stereocenters. The molecule has 3 heterocycles. The van der Waals surface area contributed by atoms with E-state index >= 15 is 0 Å². The van der Waals surface area contributed by atoms with Gasteiger partial charge >= 0.3 is 0 Å². The Kier molecular flexibility index (Phi) is 5.45. The highest BCUT2D eigenvalue weighted by atomic mass is 35.5. The topological polar surface area (TPSA) is 59.7 Å². The van der Waals surface area contributed by atoms with Gasteiger partial charge in [-0.05, 0) is 61.4 Å². The van der Waals surface area contributed by atoms with E-state index in [4.69, 9.17) is 13.0 Å². The number of amides is 2. The number of aromatic amines is 1. The molecule has 1 aromatic carbocycles. The van der Waals surface area contributed by atoms with Gasteiger partial charge < -0.3 is 14.8 Å². The van der Waals surface area contributed by atoms with Gasteiger partial charge in [0, 0.05) is 48.1 Å². The van der Waals surface area contributed by atoms with Crippen LogP contribution < -0.4 is 0 Å². The highest BCUT2D eigenvalue weighted by Crippen LogP contribution is 2.34. The average Bonchev–Trinajstić information content (AvgIpc) is 3.06. The van der Waals surface area contributed by atoms with Crippen LogP contribution in [0.1, 0.15) is 28.1 Å². The zero-order valence-corrected chi connectivity index (χ0v) is 18.4. The summed E-state index contributed by atoms with van der Waals surface area (Å²) in [5.74, 6) is 0.139. The summed E-state index contributed by atoms with van der Waals surface area (Å²) < 4.78 is 9.39. The third-order valence-electron chi connectivity index (χ3n) is 6.07. The fourth-order valence-electron chi connectivity index (χ4n) is 4.23. The van der Waals surface area contributed by atoms with Gasteiger partial charge in [-0.3, -0.25) is 9.59 Å². The normalized spacial score (nSPS) is 23.5. The molecule has 2 aliphatic heterocycles. The van der Waals surface area contributed by atoms with Crippen molar-refractivity contribution in [1.82, 2.24) is 19.1 Å². The Morgan fingerprint density at radius 2 is 2.14 bits per heavy atom. The fraction of sp³-hybridized carbons (Fsp3) is 0.524. The Hall–Kier alpha value is -1.70. The molecule has 0 saturated carbocycles. The minimum atomic E-state index is -0.605. The SMILES string of the molecule is [3H]C(=O)N1CCC(C)(CN2C(=O)CN(Sc3cc4cc(Cl)ccc4[nH]3)CC2C)CC1. The van der Waals surface area contributed by atoms with Crippen LogP contribution in [0.3, 0.4) is 0 Å². The summed E-state index contributed by atoms with van der Waals surface area (Å²) in [5, 5.41) is 2.77. The van der Waals surface area contributed by atoms with Crippen LogP contribution in [-0.2, 0) is 9.59 Å². The number of halogens is 1. The summed E-state index contributed by atoms with van der Waals surface area (Å²) in [6.07, 6.45) is 1.04. The Balaban J connectivity index is 1.37. The second kappa shape index (κ2) is 8.20. The number of hydrogen-bond donors (Lipinski definition) is 1. The van der Waals surface area contributed by atoms with Gasteiger partial charge in [0.15, 0.2) is 0 Å². The van der Waals surface area contributed by atoms with Gasteiger partial charge in [0.05, 0.1) is 11.6 Å². The van der Waals surface area contributed by atoms with Gasteiger partial charge in [0.2, 0.25) is 12.3 Å². The molecule has 29 heavy (non-hydrogen) atoms. The van der Waals surface area contributed by atoms with E-state index in [1.54, 1.807) is 16.8 Å². The molecule has 2 saturated heterocycles. The second-order valence-electron chi connectivity index (χ2n) is 8.54. The van der Waals surface area contributed by atoms with Crippen LogP contribution in [0.15, 0.2) is 29.3 Å². The lowest BCUT2D eigenvalue weighted by molar-refractivity contribution is -0.139. The second-order valence-corrected chi connectivity index (χ2v) is 10.1. The van der Waals surface area contributed by atoms with Crippen LogP contribution in [0.4, 0.5) is 0 Å². The molecule has 156 valence electrons. The predicted octanol–water partition coefficient (Wildman–Crippen LogP) is 3.62. The lowest BCUT2D eigenvalue weighted by atomic mass is 9.79. The lowest BCUT2D eigenvalue weighted by Crippen LogP contribution is -2.57. The third-order valence-corrected chi connectivity index (χ3v) is 7.26. The first-order valence-corrected chi connectivity index (χ1v) is 11.1. The average molecular weight is 437 g/mol. The number of rotatable bonds is 4. The first kappa shape index (κ1) is 19.3. The first-order valence-electron chi connectivity index (χ1n) is 10.5. The van der Waals surface area contributed by atoms with E-state index in [2.05, 4.69) is 29.2 Å². The molecule has 1 N–H and O–H groups in total. The van der Waals surface area contributed by atoms with Gasteiger partial charge in [-0.15, -0.1) is 0 Å². The summed E-state index contributed by atoms with van der Waals surface area (Å²) in [6.45, 7) is 7.36. The Morgan fingerprint density at radius 1 is 1.38 bits per heavy atom. The molecule has 4 rings (SSSR count). The van der Waals surface area contributed by atoms with Gasteiger partial charge in [-0.2, -0.15) is 0 Å². The molecule has 2 aliphatic rings. The van der Waals surface area contributed by atoms with Gasteiger partial charge in [0.1, 0.15) is 1.37 Å². The quantitative estimate of drug-likeness (QED) is 0.587. The maximum absolute atomic E-state index is 13.0. The van der Waals surface area contributed by atoms with E-state index in [0.717, 1.165) is 35.3 Å². The number of benzene rings is 1. The Labute approximate surface area is 182 Å². The third kappa shape index (κ3) is 4.57. The van der Waals surface area contributed by atoms with Crippen molar-refractivity contribution in [2.45, 2.75) is 37.8 Å². The summed E-state index contributed by atoms with van der Waals surface area (Å²) >= 11 is 7.66. The van der Waals surface area contributed by atoms with Crippen LogP contribution in [-0.4, -0.2) is 70.1 Å². The van der Waals surface area contributed by atoms with Crippen LogP contribution in [0.25, 0.3) is 10.9 Å². The molecule has 6 nitrogen and oxygen atoms in total. The summed E-state index contributed by atoms with van der Waals surface area (Å²) in [6, 6.07) is 7.95. The minimum Gasteiger partial charge on any atom is -0.349 e. The molecule has 0 radical (unpaired) electrons. The van der Waals surface area contributed by atoms with Crippen molar-refractivity contribution < 1.29 is 11.0 Å². The number of carbonyl (C=O) groups excluding carboxylic acids is 2. The molecular formula is C21H27ClN4O2S. The zero-order valence-electron chi connectivity index (χ0n) is 17.8. The van der Waals surface area contributed by atoms with Crippen molar-refractivity contribution in [3.8, 4) is 0 Å². The van der Waals surface area contributed by atoms with E-state index in [1.807, 2.05) is 23.1 Å². The molecule has 1 atom stereocenters. The fourth-order valence-corrected chi connectivity index (χ4v) is 5.49. The van der Waals surface area contributed by atoms with E-state index in [0.29, 0.717) is 31.2 Å². The largest absolute Gasteiger partial charge is 0.349 e. The monoisotopic (exact) mass is 436 g/mol. The van der Waals surface area contributed by atoms with E-state index < -0.39 is 6.39 Å². The molecule has 1 aromatic heterocycles. The number of likely N-dealkylation sites (tertiary alicyclic amines) is 1. The van der Waals surface area contributed by atoms with Gasteiger partial charge in [-0.1, -0.05) is 18.5 Å². The van der Waals surface area contributed by atoms with Crippen LogP contribution in [0, 0.1) is 5.41 Å². The summed E-state index contributed by atoms with van der Waals surface area (Å²) in [4.78, 5) is 31.2. The first-order chi connectivity index (χ1) is 14.2. The standard InChI is InChI=1S/C21H27ClN4O2S/c1-15-11-25(29-19-10-16-9-17(22)3-4-18(16)23-19)12-20(28)26(15)13-21(2)5-7-24(14-27)8-6-21/h3-4,9-10,14-15,23H,5-8,11-13H2,1-2H3/i14T. The molecule has 0 spiro atoms. The Morgan fingerprint density at radius 3 is 2.83 bits per heavy atom. The number of aromatic nitrogens is 1. The predicted molar refractivity (Wildman–Crippen MR) is 117 cm³/mol. The number of H-pyrrole nitrogens is 1. The highest BCUT2D eigenvalue weighted by Gasteiger charge is 2.37. The van der Waals surface area contributed by atoms with Crippen LogP contribution >= 0.6 is 23.5 Å². The zero-order chi connectivity index (χ0) is 21.5. The van der Waals surface area contributed by atoms with Crippen molar-refractivity contribution >= 4 is 46.7 Å². The van der Waals surface area contributed by atoms with Crippen molar-refractivity contribution in [1.29, 1.82) is 0 Å². The lowest BCUT2D eigenvalue weighted by Gasteiger charge is -2.45. The number of piperidine rings is 1. The van der Waals surface area contributed by atoms with Gasteiger partial charge in [-0.25, -0.2) is 4.31 Å². The van der Waals surface area contributed by atoms with E-state index in [9.17, 15) is 9.59 Å². The van der Waals surface area contributed by atoms with Crippen LogP contribution in [0.5, 0.6) is 0 Å². The highest BCUT2D eigenvalue weighted by molar-refractivity contribution is 7.97. The van der Waals surface area contributed by atoms with E-state index in [1.165, 1.54) is 0 Å². The number of piperazine rings is 1. The summed E-state index contributed by atoms with van der Waals surface area (Å²) in [7, 11) is 0. The number of nitrogens with one attached hydrogen (secondary N) is 1. The number of carbonyl (C=O) groups is 2. The van der Waals surface area contributed by atoms with Crippen molar-refractivity contribution in [3.05, 3.63) is 29.3 Å².